The first kappa shape index (κ1) is 54.7. The summed E-state index contributed by atoms with van der Waals surface area (Å²) in [7, 11) is 9.31. The number of ether oxygens (including phenoxy) is 5. The number of aliphatic hydroxyl groups is 1. The third kappa shape index (κ3) is 14.9. The molecule has 4 bridgehead atoms. The predicted molar refractivity (Wildman–Crippen MR) is 264 cm³/mol. The minimum Gasteiger partial charge on any atom is -0.495 e. The van der Waals surface area contributed by atoms with Gasteiger partial charge in [0.15, 0.2) is 5.72 Å². The van der Waals surface area contributed by atoms with E-state index in [0.717, 1.165) is 49.0 Å². The molecule has 3 heterocycles. The lowest BCUT2D eigenvalue weighted by atomic mass is 9.83. The Morgan fingerprint density at radius 2 is 1.69 bits per heavy atom. The maximum Gasteiger partial charge on any atom is 0.409 e. The SMILES string of the molecule is COc1cc2cc(c1Cl)N(C)C(=O)C[C@H](OC(=O)[C@H](C)N(C)C(=O)CCSSCCCC(=O)C1CCCCCCCCCC1)[C@]1(C)O[C@H]1[C@H](C)[C@@H]1C[C@@](O)(NC(=O)O1)[C@H](OC)/C=C/C=C(\C)C2. The topological polar surface area (TPSA) is 174 Å². The molecular formula is C50H74ClN3O11S2. The molecule has 3 fully saturated rings. The summed E-state index contributed by atoms with van der Waals surface area (Å²) in [6.45, 7) is 7.05. The van der Waals surface area contributed by atoms with E-state index < -0.39 is 65.7 Å². The van der Waals surface area contributed by atoms with Gasteiger partial charge in [0.1, 0.15) is 46.5 Å². The molecule has 374 valence electrons. The average Bonchev–Trinajstić information content (AvgIpc) is 4.01. The van der Waals surface area contributed by atoms with Gasteiger partial charge in [-0.3, -0.25) is 19.7 Å². The number of nitrogens with zero attached hydrogens (tertiary/aromatic N) is 2. The Morgan fingerprint density at radius 1 is 1.03 bits per heavy atom. The normalized spacial score (nSPS) is 29.7. The second-order valence-electron chi connectivity index (χ2n) is 19.0. The zero-order chi connectivity index (χ0) is 48.9. The van der Waals surface area contributed by atoms with E-state index in [2.05, 4.69) is 5.32 Å². The van der Waals surface area contributed by atoms with Crippen molar-refractivity contribution in [2.75, 3.05) is 44.7 Å². The highest BCUT2D eigenvalue weighted by molar-refractivity contribution is 8.76. The van der Waals surface area contributed by atoms with Crippen molar-refractivity contribution in [3.8, 4) is 5.75 Å². The maximum atomic E-state index is 14.3. The number of epoxide rings is 1. The third-order valence-electron chi connectivity index (χ3n) is 14.0. The minimum atomic E-state index is -1.84. The molecule has 0 aromatic heterocycles. The van der Waals surface area contributed by atoms with Crippen LogP contribution in [0.5, 0.6) is 5.75 Å². The average molecular weight is 993 g/mol. The Balaban J connectivity index is 1.25. The van der Waals surface area contributed by atoms with Crippen molar-refractivity contribution in [3.63, 3.8) is 0 Å². The minimum absolute atomic E-state index is 0.0571. The first-order valence-corrected chi connectivity index (χ1v) is 26.9. The van der Waals surface area contributed by atoms with Gasteiger partial charge in [0, 0.05) is 63.8 Å². The molecule has 0 spiro atoms. The Labute approximate surface area is 410 Å². The fraction of sp³-hybridized carbons (Fsp3) is 0.700. The first-order chi connectivity index (χ1) is 31.9. The Hall–Kier alpha value is -3.28. The van der Waals surface area contributed by atoms with Gasteiger partial charge in [0.05, 0.1) is 25.3 Å². The van der Waals surface area contributed by atoms with E-state index in [4.69, 9.17) is 35.3 Å². The quantitative estimate of drug-likeness (QED) is 0.0783. The number of methoxy groups -OCH3 is 2. The number of hydrogen-bond donors (Lipinski definition) is 2. The predicted octanol–water partition coefficient (Wildman–Crippen LogP) is 9.17. The summed E-state index contributed by atoms with van der Waals surface area (Å²) in [5, 5.41) is 14.6. The number of halogens is 1. The highest BCUT2D eigenvalue weighted by atomic mass is 35.5. The van der Waals surface area contributed by atoms with Gasteiger partial charge in [-0.05, 0) is 64.2 Å². The number of fused-ring (bicyclic) bond motifs is 5. The second kappa shape index (κ2) is 25.5. The molecule has 4 aliphatic rings. The Morgan fingerprint density at radius 3 is 2.34 bits per heavy atom. The number of rotatable bonds is 14. The van der Waals surface area contributed by atoms with Gasteiger partial charge in [-0.15, -0.1) is 0 Å². The number of ketones is 1. The van der Waals surface area contributed by atoms with Crippen LogP contribution in [0.2, 0.25) is 5.02 Å². The van der Waals surface area contributed by atoms with E-state index >= 15 is 0 Å². The van der Waals surface area contributed by atoms with E-state index in [1.807, 2.05) is 19.9 Å². The fourth-order valence-corrected chi connectivity index (χ4v) is 11.8. The Bertz CT molecular complexity index is 1940. The van der Waals surface area contributed by atoms with Crippen molar-refractivity contribution in [3.05, 3.63) is 46.5 Å². The van der Waals surface area contributed by atoms with Gasteiger partial charge in [0.2, 0.25) is 11.8 Å². The van der Waals surface area contributed by atoms with Crippen LogP contribution in [0.25, 0.3) is 0 Å². The summed E-state index contributed by atoms with van der Waals surface area (Å²) in [5.41, 5.74) is -0.951. The van der Waals surface area contributed by atoms with Crippen molar-refractivity contribution in [1.82, 2.24) is 10.2 Å². The van der Waals surface area contributed by atoms with Crippen molar-refractivity contribution < 1.29 is 52.8 Å². The van der Waals surface area contributed by atoms with Crippen molar-refractivity contribution in [2.45, 2.75) is 172 Å². The first-order valence-electron chi connectivity index (χ1n) is 24.0. The molecule has 17 heteroatoms. The molecular weight excluding hydrogens is 918 g/mol. The molecule has 0 radical (unpaired) electrons. The zero-order valence-corrected chi connectivity index (χ0v) is 43.2. The molecule has 2 saturated heterocycles. The summed E-state index contributed by atoms with van der Waals surface area (Å²) in [5.74, 6) is 0.370. The van der Waals surface area contributed by atoms with Crippen LogP contribution >= 0.6 is 33.2 Å². The van der Waals surface area contributed by atoms with E-state index in [1.54, 1.807) is 73.8 Å². The largest absolute Gasteiger partial charge is 0.495 e. The highest BCUT2D eigenvalue weighted by Gasteiger charge is 2.64. The number of allylic oxidation sites excluding steroid dienone is 3. The summed E-state index contributed by atoms with van der Waals surface area (Å²) in [4.78, 5) is 70.6. The summed E-state index contributed by atoms with van der Waals surface area (Å²) in [6.07, 6.45) is 14.4. The molecule has 3 amide bonds. The molecule has 1 aliphatic carbocycles. The summed E-state index contributed by atoms with van der Waals surface area (Å²) < 4.78 is 29.5. The number of benzene rings is 1. The van der Waals surface area contributed by atoms with Crippen LogP contribution in [0.3, 0.4) is 0 Å². The monoisotopic (exact) mass is 991 g/mol. The van der Waals surface area contributed by atoms with E-state index in [-0.39, 0.29) is 36.1 Å². The molecule has 5 rings (SSSR count). The number of carbonyl (C=O) groups is 5. The van der Waals surface area contributed by atoms with E-state index in [0.29, 0.717) is 35.8 Å². The van der Waals surface area contributed by atoms with Crippen LogP contribution in [0.1, 0.15) is 130 Å². The van der Waals surface area contributed by atoms with Gasteiger partial charge in [-0.1, -0.05) is 115 Å². The van der Waals surface area contributed by atoms with E-state index in [1.165, 1.54) is 62.5 Å². The number of hydrogen-bond acceptors (Lipinski definition) is 13. The number of amides is 3. The Kier molecular flexibility index (Phi) is 20.8. The molecule has 67 heavy (non-hydrogen) atoms. The van der Waals surface area contributed by atoms with Gasteiger partial charge >= 0.3 is 12.1 Å². The molecule has 1 aromatic rings. The number of Topliss-reactive ketones (excluding diaryl/α,β-unsaturated/α-hetero) is 1. The maximum absolute atomic E-state index is 14.3. The molecule has 0 unspecified atom stereocenters. The lowest BCUT2D eigenvalue weighted by Gasteiger charge is -2.42. The van der Waals surface area contributed by atoms with Gasteiger partial charge in [-0.2, -0.15) is 0 Å². The van der Waals surface area contributed by atoms with Crippen molar-refractivity contribution in [2.24, 2.45) is 11.8 Å². The zero-order valence-electron chi connectivity index (χ0n) is 40.8. The fourth-order valence-electron chi connectivity index (χ4n) is 9.46. The smallest absolute Gasteiger partial charge is 0.409 e. The van der Waals surface area contributed by atoms with Crippen LogP contribution in [0.4, 0.5) is 10.5 Å². The second-order valence-corrected chi connectivity index (χ2v) is 22.1. The lowest BCUT2D eigenvalue weighted by Crippen LogP contribution is -2.63. The van der Waals surface area contributed by atoms with Crippen molar-refractivity contribution >= 4 is 68.5 Å². The van der Waals surface area contributed by atoms with Crippen LogP contribution in [0, 0.1) is 11.8 Å². The number of alkyl carbamates (subject to hydrolysis) is 1. The lowest BCUT2D eigenvalue weighted by molar-refractivity contribution is -0.162. The van der Waals surface area contributed by atoms with Crippen LogP contribution < -0.4 is 15.0 Å². The molecule has 3 aliphatic heterocycles. The van der Waals surface area contributed by atoms with Crippen molar-refractivity contribution in [1.29, 1.82) is 0 Å². The summed E-state index contributed by atoms with van der Waals surface area (Å²) >= 11 is 6.82. The van der Waals surface area contributed by atoms with Gasteiger partial charge in [-0.25, -0.2) is 9.59 Å². The van der Waals surface area contributed by atoms with Gasteiger partial charge in [0.25, 0.3) is 0 Å². The number of nitrogens with one attached hydrogen (secondary N) is 1. The summed E-state index contributed by atoms with van der Waals surface area (Å²) in [6, 6.07) is 2.60. The highest BCUT2D eigenvalue weighted by Crippen LogP contribution is 2.49. The molecule has 14 nitrogen and oxygen atoms in total. The van der Waals surface area contributed by atoms with Crippen LogP contribution in [-0.4, -0.2) is 121 Å². The molecule has 8 atom stereocenters. The number of likely N-dealkylation sites (N-methyl/N-ethyl adjacent to an activating group) is 1. The number of esters is 1. The number of anilines is 1. The molecule has 2 N–H and O–H groups in total. The molecule has 1 saturated carbocycles. The molecule has 1 aromatic carbocycles. The number of carbonyl (C=O) groups excluding carboxylic acids is 5. The standard InChI is InChI=1S/C50H74ClN3O11S2/c1-32-19-17-23-41(62-8)50(60)31-40(63-48(59)52-50)33(2)46-49(4,65-46)42(30-44(57)54(6)37-28-35(27-32)29-39(61-7)45(37)51)64-47(58)34(3)53(5)43(56)24-26-67-66-25-18-22-38(55)36-20-15-13-11-9-10-12-14-16-21-36/h17,19,23,28-29,33-34,36,40-42,46,60H,9-16,18,20-22,24-27,30-31H2,1-8H3,(H,52,59)/b23-17+,32-19+/t33-,34+,40+,41-,42+,46+,49+,50+/m1/s1. The third-order valence-corrected chi connectivity index (χ3v) is 16.8. The van der Waals surface area contributed by atoms with Crippen LogP contribution in [0.15, 0.2) is 35.9 Å². The van der Waals surface area contributed by atoms with Crippen LogP contribution in [-0.2, 0) is 44.5 Å². The van der Waals surface area contributed by atoms with E-state index in [9.17, 15) is 29.1 Å². The van der Waals surface area contributed by atoms with Gasteiger partial charge < -0.3 is 38.6 Å².